The molecule has 2 heteroatoms. The van der Waals surface area contributed by atoms with Crippen molar-refractivity contribution in [1.82, 2.24) is 0 Å². The van der Waals surface area contributed by atoms with Crippen LogP contribution in [0.3, 0.4) is 0 Å². The molecule has 1 fully saturated rings. The van der Waals surface area contributed by atoms with Crippen molar-refractivity contribution in [2.75, 3.05) is 38.0 Å². The van der Waals surface area contributed by atoms with E-state index in [4.69, 9.17) is 0 Å². The zero-order valence-electron chi connectivity index (χ0n) is 16.5. The van der Waals surface area contributed by atoms with Crippen LogP contribution in [0.15, 0.2) is 59.7 Å². The van der Waals surface area contributed by atoms with Crippen LogP contribution in [-0.2, 0) is 0 Å². The summed E-state index contributed by atoms with van der Waals surface area (Å²) in [7, 11) is 8.32. The summed E-state index contributed by atoms with van der Waals surface area (Å²) in [5.41, 5.74) is 8.20. The molecule has 0 bridgehead atoms. The molecule has 0 heterocycles. The Morgan fingerprint density at radius 1 is 0.615 bits per heavy atom. The maximum atomic E-state index is 2.38. The van der Waals surface area contributed by atoms with E-state index in [-0.39, 0.29) is 0 Å². The van der Waals surface area contributed by atoms with Gasteiger partial charge in [0.15, 0.2) is 0 Å². The third kappa shape index (κ3) is 4.78. The Morgan fingerprint density at radius 3 is 1.35 bits per heavy atom. The van der Waals surface area contributed by atoms with E-state index < -0.39 is 0 Å². The summed E-state index contributed by atoms with van der Waals surface area (Å²) in [6.45, 7) is 0. The van der Waals surface area contributed by atoms with E-state index in [2.05, 4.69) is 98.7 Å². The van der Waals surface area contributed by atoms with Crippen molar-refractivity contribution in [3.8, 4) is 0 Å². The monoisotopic (exact) mass is 346 g/mol. The van der Waals surface area contributed by atoms with Crippen molar-refractivity contribution < 1.29 is 0 Å². The van der Waals surface area contributed by atoms with E-state index in [9.17, 15) is 0 Å². The van der Waals surface area contributed by atoms with Gasteiger partial charge in [0, 0.05) is 39.6 Å². The SMILES string of the molecule is CN(C)c1ccc(C=C2CCCC(=Cc3ccc(N(C)C)cc3)C2)cc1. The molecule has 0 spiro atoms. The molecule has 0 aliphatic heterocycles. The van der Waals surface area contributed by atoms with Gasteiger partial charge in [-0.05, 0) is 61.1 Å². The molecule has 2 aromatic carbocycles. The maximum absolute atomic E-state index is 2.38. The molecule has 3 rings (SSSR count). The topological polar surface area (TPSA) is 6.48 Å². The average molecular weight is 347 g/mol. The first-order valence-corrected chi connectivity index (χ1v) is 9.45. The van der Waals surface area contributed by atoms with E-state index in [1.165, 1.54) is 41.8 Å². The molecule has 0 aromatic heterocycles. The van der Waals surface area contributed by atoms with Crippen LogP contribution in [0, 0.1) is 0 Å². The molecular weight excluding hydrogens is 316 g/mol. The van der Waals surface area contributed by atoms with Crippen LogP contribution in [0.5, 0.6) is 0 Å². The van der Waals surface area contributed by atoms with Gasteiger partial charge >= 0.3 is 0 Å². The first-order valence-electron chi connectivity index (χ1n) is 9.45. The van der Waals surface area contributed by atoms with Crippen molar-refractivity contribution in [2.45, 2.75) is 25.7 Å². The van der Waals surface area contributed by atoms with Crippen LogP contribution in [0.25, 0.3) is 12.2 Å². The van der Waals surface area contributed by atoms with Crippen molar-refractivity contribution in [2.24, 2.45) is 0 Å². The molecule has 0 saturated heterocycles. The summed E-state index contributed by atoms with van der Waals surface area (Å²) in [5, 5.41) is 0. The number of hydrogen-bond acceptors (Lipinski definition) is 2. The van der Waals surface area contributed by atoms with Crippen LogP contribution in [0.4, 0.5) is 11.4 Å². The van der Waals surface area contributed by atoms with Gasteiger partial charge in [0.1, 0.15) is 0 Å². The summed E-state index contributed by atoms with van der Waals surface area (Å²) in [6.07, 6.45) is 9.54. The normalized spacial score (nSPS) is 17.5. The van der Waals surface area contributed by atoms with Crippen molar-refractivity contribution in [3.05, 3.63) is 70.8 Å². The fourth-order valence-corrected chi connectivity index (χ4v) is 3.47. The largest absolute Gasteiger partial charge is 0.378 e. The van der Waals surface area contributed by atoms with Gasteiger partial charge in [0.2, 0.25) is 0 Å². The summed E-state index contributed by atoms with van der Waals surface area (Å²) >= 11 is 0. The number of nitrogens with zero attached hydrogens (tertiary/aromatic N) is 2. The van der Waals surface area contributed by atoms with Crippen LogP contribution >= 0.6 is 0 Å². The molecule has 0 radical (unpaired) electrons. The van der Waals surface area contributed by atoms with E-state index in [1.54, 1.807) is 11.1 Å². The lowest BCUT2D eigenvalue weighted by atomic mass is 9.88. The van der Waals surface area contributed by atoms with Gasteiger partial charge in [-0.3, -0.25) is 0 Å². The lowest BCUT2D eigenvalue weighted by Gasteiger charge is -2.18. The predicted molar refractivity (Wildman–Crippen MR) is 116 cm³/mol. The predicted octanol–water partition coefficient (Wildman–Crippen LogP) is 5.86. The summed E-state index contributed by atoms with van der Waals surface area (Å²) in [5.74, 6) is 0. The molecule has 2 aromatic rings. The first-order chi connectivity index (χ1) is 12.5. The van der Waals surface area contributed by atoms with Crippen molar-refractivity contribution in [3.63, 3.8) is 0 Å². The van der Waals surface area contributed by atoms with Crippen molar-refractivity contribution in [1.29, 1.82) is 0 Å². The number of allylic oxidation sites excluding steroid dienone is 2. The zero-order chi connectivity index (χ0) is 18.5. The smallest absolute Gasteiger partial charge is 0.0361 e. The number of benzene rings is 2. The Labute approximate surface area is 158 Å². The third-order valence-electron chi connectivity index (χ3n) is 5.01. The van der Waals surface area contributed by atoms with E-state index >= 15 is 0 Å². The number of hydrogen-bond donors (Lipinski definition) is 0. The maximum Gasteiger partial charge on any atom is 0.0361 e. The first kappa shape index (κ1) is 18.3. The molecule has 2 nitrogen and oxygen atoms in total. The molecule has 1 saturated carbocycles. The zero-order valence-corrected chi connectivity index (χ0v) is 16.5. The second kappa shape index (κ2) is 8.27. The minimum absolute atomic E-state index is 1.10. The summed E-state index contributed by atoms with van der Waals surface area (Å²) in [6, 6.07) is 17.7. The molecule has 0 atom stereocenters. The number of rotatable bonds is 4. The van der Waals surface area contributed by atoms with E-state index in [0.29, 0.717) is 0 Å². The fourth-order valence-electron chi connectivity index (χ4n) is 3.47. The summed E-state index contributed by atoms with van der Waals surface area (Å²) < 4.78 is 0. The van der Waals surface area contributed by atoms with Gasteiger partial charge in [0.25, 0.3) is 0 Å². The third-order valence-corrected chi connectivity index (χ3v) is 5.01. The van der Waals surface area contributed by atoms with E-state index in [1.807, 2.05) is 0 Å². The molecule has 0 amide bonds. The number of anilines is 2. The van der Waals surface area contributed by atoms with Gasteiger partial charge in [0.05, 0.1) is 0 Å². The Morgan fingerprint density at radius 2 is 1.00 bits per heavy atom. The average Bonchev–Trinajstić information content (AvgIpc) is 2.63. The molecule has 0 N–H and O–H groups in total. The molecule has 26 heavy (non-hydrogen) atoms. The highest BCUT2D eigenvalue weighted by Crippen LogP contribution is 2.31. The van der Waals surface area contributed by atoms with Gasteiger partial charge in [-0.1, -0.05) is 47.6 Å². The standard InChI is InChI=1S/C24H30N2/c1-25(2)23-12-8-19(9-13-23)16-21-6-5-7-22(18-21)17-20-10-14-24(15-11-20)26(3)4/h8-17H,5-7,18H2,1-4H3. The van der Waals surface area contributed by atoms with Gasteiger partial charge in [-0.25, -0.2) is 0 Å². The van der Waals surface area contributed by atoms with Gasteiger partial charge < -0.3 is 9.80 Å². The molecule has 136 valence electrons. The van der Waals surface area contributed by atoms with Crippen LogP contribution < -0.4 is 9.80 Å². The highest BCUT2D eigenvalue weighted by molar-refractivity contribution is 5.61. The minimum Gasteiger partial charge on any atom is -0.378 e. The lowest BCUT2D eigenvalue weighted by Crippen LogP contribution is -2.08. The second-order valence-corrected chi connectivity index (χ2v) is 7.61. The molecule has 0 unspecified atom stereocenters. The van der Waals surface area contributed by atoms with Gasteiger partial charge in [-0.15, -0.1) is 0 Å². The quantitative estimate of drug-likeness (QED) is 0.684. The lowest BCUT2D eigenvalue weighted by molar-refractivity contribution is 0.721. The van der Waals surface area contributed by atoms with Crippen molar-refractivity contribution >= 4 is 23.5 Å². The Hall–Kier alpha value is -2.48. The highest BCUT2D eigenvalue weighted by Gasteiger charge is 2.11. The summed E-state index contributed by atoms with van der Waals surface area (Å²) in [4.78, 5) is 4.28. The Kier molecular flexibility index (Phi) is 5.82. The second-order valence-electron chi connectivity index (χ2n) is 7.61. The fraction of sp³-hybridized carbons (Fsp3) is 0.333. The van der Waals surface area contributed by atoms with Gasteiger partial charge in [-0.2, -0.15) is 0 Å². The highest BCUT2D eigenvalue weighted by atomic mass is 15.1. The minimum atomic E-state index is 1.10. The molecular formula is C24H30N2. The Balaban J connectivity index is 1.72. The van der Waals surface area contributed by atoms with E-state index in [0.717, 1.165) is 6.42 Å². The molecule has 1 aliphatic rings. The Bertz CT molecular complexity index is 710. The van der Waals surface area contributed by atoms with Crippen LogP contribution in [0.1, 0.15) is 36.8 Å². The molecule has 1 aliphatic carbocycles. The van der Waals surface area contributed by atoms with Crippen LogP contribution in [-0.4, -0.2) is 28.2 Å². The van der Waals surface area contributed by atoms with Crippen LogP contribution in [0.2, 0.25) is 0 Å².